The zero-order valence-corrected chi connectivity index (χ0v) is 14.5. The van der Waals surface area contributed by atoms with Crippen molar-refractivity contribution in [3.05, 3.63) is 70.8 Å². The second kappa shape index (κ2) is 7.52. The fraction of sp³-hybridized carbons (Fsp3) is 0.333. The molecule has 0 aromatic heterocycles. The first-order chi connectivity index (χ1) is 12.5. The monoisotopic (exact) mass is 364 g/mol. The van der Waals surface area contributed by atoms with Crippen LogP contribution >= 0.6 is 0 Å². The van der Waals surface area contributed by atoms with Gasteiger partial charge >= 0.3 is 0 Å². The molecule has 0 radical (unpaired) electrons. The molecule has 1 nitrogen and oxygen atoms in total. The summed E-state index contributed by atoms with van der Waals surface area (Å²) in [6.45, 7) is 3.46. The van der Waals surface area contributed by atoms with Crippen LogP contribution in [0.5, 0.6) is 5.75 Å². The summed E-state index contributed by atoms with van der Waals surface area (Å²) in [6, 6.07) is 6.07. The van der Waals surface area contributed by atoms with Crippen molar-refractivity contribution in [1.29, 1.82) is 0 Å². The lowest BCUT2D eigenvalue weighted by Gasteiger charge is -2.29. The standard InChI is InChI=1S/C21H20F4O/c1-3-12-8-9-15(19(23)18(12)22)13-4-6-14(7-5-13)16-10-11-17(26-2)21(25)20(16)24/h3,8-11,13-14H,1,4-7H2,2H3. The molecule has 0 heterocycles. The fourth-order valence-electron chi connectivity index (χ4n) is 3.79. The fourth-order valence-corrected chi connectivity index (χ4v) is 3.79. The molecule has 5 heteroatoms. The van der Waals surface area contributed by atoms with Crippen LogP contribution in [0.1, 0.15) is 54.2 Å². The lowest BCUT2D eigenvalue weighted by molar-refractivity contribution is 0.353. The van der Waals surface area contributed by atoms with Gasteiger partial charge in [-0.3, -0.25) is 0 Å². The number of ether oxygens (including phenoxy) is 1. The highest BCUT2D eigenvalue weighted by Crippen LogP contribution is 2.43. The number of methoxy groups -OCH3 is 1. The minimum absolute atomic E-state index is 0.125. The Morgan fingerprint density at radius 3 is 1.81 bits per heavy atom. The van der Waals surface area contributed by atoms with Crippen LogP contribution in [-0.4, -0.2) is 7.11 Å². The van der Waals surface area contributed by atoms with Crippen molar-refractivity contribution in [3.8, 4) is 5.75 Å². The lowest BCUT2D eigenvalue weighted by atomic mass is 9.75. The molecule has 0 unspecified atom stereocenters. The molecule has 0 aliphatic heterocycles. The molecule has 2 aromatic carbocycles. The average Bonchev–Trinajstić information content (AvgIpc) is 2.66. The van der Waals surface area contributed by atoms with Crippen molar-refractivity contribution in [3.63, 3.8) is 0 Å². The van der Waals surface area contributed by atoms with E-state index in [0.717, 1.165) is 0 Å². The Morgan fingerprint density at radius 2 is 1.31 bits per heavy atom. The average molecular weight is 364 g/mol. The summed E-state index contributed by atoms with van der Waals surface area (Å²) in [5.41, 5.74) is 0.791. The topological polar surface area (TPSA) is 9.23 Å². The summed E-state index contributed by atoms with van der Waals surface area (Å²) < 4.78 is 61.3. The van der Waals surface area contributed by atoms with Gasteiger partial charge < -0.3 is 4.74 Å². The van der Waals surface area contributed by atoms with Crippen molar-refractivity contribution >= 4 is 6.08 Å². The van der Waals surface area contributed by atoms with E-state index >= 15 is 0 Å². The smallest absolute Gasteiger partial charge is 0.200 e. The second-order valence-electron chi connectivity index (χ2n) is 6.61. The Labute approximate surface area is 150 Å². The molecule has 0 saturated heterocycles. The van der Waals surface area contributed by atoms with Gasteiger partial charge in [-0.1, -0.05) is 30.9 Å². The molecule has 2 aromatic rings. The van der Waals surface area contributed by atoms with Gasteiger partial charge in [0.2, 0.25) is 5.82 Å². The van der Waals surface area contributed by atoms with Crippen LogP contribution < -0.4 is 4.74 Å². The molecule has 1 aliphatic rings. The minimum atomic E-state index is -0.986. The highest BCUT2D eigenvalue weighted by molar-refractivity contribution is 5.49. The van der Waals surface area contributed by atoms with E-state index in [1.165, 1.54) is 25.3 Å². The van der Waals surface area contributed by atoms with Crippen LogP contribution in [0.4, 0.5) is 17.6 Å². The quantitative estimate of drug-likeness (QED) is 0.576. The van der Waals surface area contributed by atoms with E-state index in [9.17, 15) is 17.6 Å². The van der Waals surface area contributed by atoms with E-state index in [2.05, 4.69) is 6.58 Å². The summed E-state index contributed by atoms with van der Waals surface area (Å²) in [6.07, 6.45) is 3.61. The van der Waals surface area contributed by atoms with E-state index in [-0.39, 0.29) is 23.1 Å². The maximum Gasteiger partial charge on any atom is 0.200 e. The highest BCUT2D eigenvalue weighted by Gasteiger charge is 2.29. The van der Waals surface area contributed by atoms with Gasteiger partial charge in [-0.15, -0.1) is 0 Å². The van der Waals surface area contributed by atoms with E-state index < -0.39 is 23.3 Å². The molecule has 0 bridgehead atoms. The molecular formula is C21H20F4O. The summed E-state index contributed by atoms with van der Waals surface area (Å²) in [7, 11) is 1.29. The van der Waals surface area contributed by atoms with Crippen molar-refractivity contribution in [2.45, 2.75) is 37.5 Å². The lowest BCUT2D eigenvalue weighted by Crippen LogP contribution is -2.15. The van der Waals surface area contributed by atoms with E-state index in [1.807, 2.05) is 0 Å². The maximum atomic E-state index is 14.3. The molecule has 138 valence electrons. The SMILES string of the molecule is C=Cc1ccc(C2CCC(c3ccc(OC)c(F)c3F)CC2)c(F)c1F. The van der Waals surface area contributed by atoms with Gasteiger partial charge in [0.25, 0.3) is 0 Å². The van der Waals surface area contributed by atoms with E-state index in [4.69, 9.17) is 4.74 Å². The third kappa shape index (κ3) is 3.22. The van der Waals surface area contributed by atoms with Gasteiger partial charge in [0, 0.05) is 5.56 Å². The van der Waals surface area contributed by atoms with Crippen LogP contribution in [0.15, 0.2) is 30.8 Å². The van der Waals surface area contributed by atoms with Crippen molar-refractivity contribution in [2.75, 3.05) is 7.11 Å². The molecular weight excluding hydrogens is 344 g/mol. The summed E-state index contributed by atoms with van der Waals surface area (Å²) in [4.78, 5) is 0. The summed E-state index contributed by atoms with van der Waals surface area (Å²) in [5, 5.41) is 0. The Morgan fingerprint density at radius 1 is 0.808 bits per heavy atom. The molecule has 3 rings (SSSR count). The van der Waals surface area contributed by atoms with E-state index in [0.29, 0.717) is 36.8 Å². The zero-order valence-electron chi connectivity index (χ0n) is 14.5. The molecule has 0 spiro atoms. The summed E-state index contributed by atoms with van der Waals surface area (Å²) in [5.74, 6) is -4.01. The first-order valence-corrected chi connectivity index (χ1v) is 8.60. The number of rotatable bonds is 4. The predicted molar refractivity (Wildman–Crippen MR) is 93.3 cm³/mol. The maximum absolute atomic E-state index is 14.3. The van der Waals surface area contributed by atoms with Crippen molar-refractivity contribution in [2.24, 2.45) is 0 Å². The van der Waals surface area contributed by atoms with Gasteiger partial charge in [-0.2, -0.15) is 4.39 Å². The van der Waals surface area contributed by atoms with Crippen LogP contribution in [0.3, 0.4) is 0 Å². The number of hydrogen-bond donors (Lipinski definition) is 0. The largest absolute Gasteiger partial charge is 0.494 e. The highest BCUT2D eigenvalue weighted by atomic mass is 19.2. The molecule has 1 fully saturated rings. The van der Waals surface area contributed by atoms with Crippen molar-refractivity contribution < 1.29 is 22.3 Å². The molecule has 26 heavy (non-hydrogen) atoms. The molecule has 0 N–H and O–H groups in total. The zero-order chi connectivity index (χ0) is 18.8. The first kappa shape index (κ1) is 18.5. The van der Waals surface area contributed by atoms with Gasteiger partial charge in [-0.25, -0.2) is 13.2 Å². The van der Waals surface area contributed by atoms with Crippen molar-refractivity contribution in [1.82, 2.24) is 0 Å². The number of benzene rings is 2. The Kier molecular flexibility index (Phi) is 5.35. The molecule has 0 atom stereocenters. The molecule has 1 aliphatic carbocycles. The van der Waals surface area contributed by atoms with Gasteiger partial charge in [0.15, 0.2) is 23.2 Å². The third-order valence-electron chi connectivity index (χ3n) is 5.27. The summed E-state index contributed by atoms with van der Waals surface area (Å²) >= 11 is 0. The predicted octanol–water partition coefficient (Wildman–Crippen LogP) is 6.34. The van der Waals surface area contributed by atoms with E-state index in [1.54, 1.807) is 12.1 Å². The normalized spacial score (nSPS) is 20.0. The second-order valence-corrected chi connectivity index (χ2v) is 6.61. The minimum Gasteiger partial charge on any atom is -0.494 e. The number of hydrogen-bond acceptors (Lipinski definition) is 1. The number of halogens is 4. The van der Waals surface area contributed by atoms with Crippen LogP contribution in [0, 0.1) is 23.3 Å². The Bertz CT molecular complexity index is 823. The van der Waals surface area contributed by atoms with Crippen LogP contribution in [0.25, 0.3) is 6.08 Å². The molecule has 0 amide bonds. The van der Waals surface area contributed by atoms with Crippen LogP contribution in [0.2, 0.25) is 0 Å². The third-order valence-corrected chi connectivity index (χ3v) is 5.27. The van der Waals surface area contributed by atoms with Gasteiger partial charge in [0.1, 0.15) is 0 Å². The van der Waals surface area contributed by atoms with Gasteiger partial charge in [-0.05, 0) is 54.7 Å². The van der Waals surface area contributed by atoms with Gasteiger partial charge in [0.05, 0.1) is 7.11 Å². The first-order valence-electron chi connectivity index (χ1n) is 8.60. The Balaban J connectivity index is 1.77. The Hall–Kier alpha value is -2.30. The molecule has 1 saturated carbocycles. The van der Waals surface area contributed by atoms with Crippen LogP contribution in [-0.2, 0) is 0 Å².